The van der Waals surface area contributed by atoms with Crippen molar-refractivity contribution in [2.75, 3.05) is 13.7 Å². The maximum Gasteiger partial charge on any atom is 0.123 e. The quantitative estimate of drug-likeness (QED) is 0.836. The number of benzene rings is 1. The second-order valence-electron chi connectivity index (χ2n) is 4.86. The van der Waals surface area contributed by atoms with Crippen LogP contribution in [-0.4, -0.2) is 19.3 Å². The van der Waals surface area contributed by atoms with E-state index < -0.39 is 0 Å². The van der Waals surface area contributed by atoms with Gasteiger partial charge in [-0.2, -0.15) is 0 Å². The third-order valence-electron chi connectivity index (χ3n) is 3.74. The van der Waals surface area contributed by atoms with Crippen molar-refractivity contribution >= 4 is 0 Å². The first-order valence-corrected chi connectivity index (χ1v) is 6.53. The molecule has 0 radical (unpaired) electrons. The summed E-state index contributed by atoms with van der Waals surface area (Å²) in [5, 5.41) is 3.42. The molecule has 1 N–H and O–H groups in total. The Labute approximate surface area is 110 Å². The van der Waals surface area contributed by atoms with E-state index in [2.05, 4.69) is 19.2 Å². The average Bonchev–Trinajstić information content (AvgIpc) is 2.38. The predicted octanol–water partition coefficient (Wildman–Crippen LogP) is 3.60. The molecular weight excluding hydrogens is 229 g/mol. The number of hydrogen-bond acceptors (Lipinski definition) is 2. The minimum absolute atomic E-state index is 0.00630. The van der Waals surface area contributed by atoms with Gasteiger partial charge in [-0.05, 0) is 50.1 Å². The first kappa shape index (κ1) is 15.1. The molecule has 1 aromatic rings. The molecule has 0 aliphatic rings. The average molecular weight is 253 g/mol. The molecular formula is C15H24FNO. The summed E-state index contributed by atoms with van der Waals surface area (Å²) >= 11 is 0. The Bertz CT molecular complexity index is 388. The third-order valence-corrected chi connectivity index (χ3v) is 3.74. The number of methoxy groups -OCH3 is 1. The molecule has 0 amide bonds. The summed E-state index contributed by atoms with van der Waals surface area (Å²) in [6.07, 6.45) is 0.858. The minimum Gasteiger partial charge on any atom is -0.377 e. The summed E-state index contributed by atoms with van der Waals surface area (Å²) in [5.74, 6) is -0.201. The van der Waals surface area contributed by atoms with Crippen LogP contribution in [0.2, 0.25) is 0 Å². The van der Waals surface area contributed by atoms with Crippen LogP contribution in [0.4, 0.5) is 4.39 Å². The van der Waals surface area contributed by atoms with E-state index in [1.165, 1.54) is 6.07 Å². The number of hydrogen-bond donors (Lipinski definition) is 1. The van der Waals surface area contributed by atoms with Gasteiger partial charge in [0.1, 0.15) is 5.82 Å². The summed E-state index contributed by atoms with van der Waals surface area (Å²) in [5.41, 5.74) is 1.72. The normalized spacial score (nSPS) is 16.3. The van der Waals surface area contributed by atoms with Crippen molar-refractivity contribution in [3.63, 3.8) is 0 Å². The third kappa shape index (κ3) is 3.09. The molecule has 0 bridgehead atoms. The van der Waals surface area contributed by atoms with Gasteiger partial charge in [0.2, 0.25) is 0 Å². The van der Waals surface area contributed by atoms with E-state index in [0.29, 0.717) is 0 Å². The van der Waals surface area contributed by atoms with Crippen molar-refractivity contribution in [3.8, 4) is 0 Å². The molecule has 0 fully saturated rings. The lowest BCUT2D eigenvalue weighted by molar-refractivity contribution is -0.0298. The summed E-state index contributed by atoms with van der Waals surface area (Å²) in [7, 11) is 1.71. The highest BCUT2D eigenvalue weighted by atomic mass is 19.1. The van der Waals surface area contributed by atoms with Crippen LogP contribution in [0.1, 0.15) is 44.4 Å². The molecule has 0 heterocycles. The number of nitrogens with one attached hydrogen (secondary N) is 1. The first-order valence-electron chi connectivity index (χ1n) is 6.53. The van der Waals surface area contributed by atoms with Crippen molar-refractivity contribution in [3.05, 3.63) is 35.1 Å². The zero-order valence-electron chi connectivity index (χ0n) is 12.0. The van der Waals surface area contributed by atoms with Crippen LogP contribution in [0.5, 0.6) is 0 Å². The molecule has 3 heteroatoms. The van der Waals surface area contributed by atoms with Crippen LogP contribution in [0.25, 0.3) is 0 Å². The van der Waals surface area contributed by atoms with Gasteiger partial charge >= 0.3 is 0 Å². The largest absolute Gasteiger partial charge is 0.377 e. The topological polar surface area (TPSA) is 21.3 Å². The zero-order chi connectivity index (χ0) is 13.8. The van der Waals surface area contributed by atoms with Gasteiger partial charge < -0.3 is 10.1 Å². The molecule has 18 heavy (non-hydrogen) atoms. The van der Waals surface area contributed by atoms with Gasteiger partial charge in [0, 0.05) is 7.11 Å². The molecule has 0 saturated heterocycles. The van der Waals surface area contributed by atoms with E-state index in [1.54, 1.807) is 13.2 Å². The lowest BCUT2D eigenvalue weighted by Gasteiger charge is -2.37. The Hall–Kier alpha value is -0.930. The summed E-state index contributed by atoms with van der Waals surface area (Å²) in [4.78, 5) is 0. The SMILES string of the molecule is CCNC(c1cc(F)ccc1C)C(C)(CC)OC. The summed E-state index contributed by atoms with van der Waals surface area (Å²) < 4.78 is 19.1. The van der Waals surface area contributed by atoms with Crippen LogP contribution in [0.3, 0.4) is 0 Å². The first-order chi connectivity index (χ1) is 8.48. The molecule has 0 spiro atoms. The second kappa shape index (κ2) is 6.30. The van der Waals surface area contributed by atoms with Gasteiger partial charge in [0.05, 0.1) is 11.6 Å². The highest BCUT2D eigenvalue weighted by molar-refractivity contribution is 5.31. The van der Waals surface area contributed by atoms with E-state index in [4.69, 9.17) is 4.74 Å². The van der Waals surface area contributed by atoms with Crippen LogP contribution in [0.15, 0.2) is 18.2 Å². The zero-order valence-corrected chi connectivity index (χ0v) is 12.0. The fraction of sp³-hybridized carbons (Fsp3) is 0.600. The van der Waals surface area contributed by atoms with Gasteiger partial charge in [0.25, 0.3) is 0 Å². The lowest BCUT2D eigenvalue weighted by atomic mass is 9.85. The van der Waals surface area contributed by atoms with Gasteiger partial charge in [-0.3, -0.25) is 0 Å². The second-order valence-corrected chi connectivity index (χ2v) is 4.86. The molecule has 2 unspecified atom stereocenters. The van der Waals surface area contributed by atoms with Crippen molar-refractivity contribution in [2.24, 2.45) is 0 Å². The number of halogens is 1. The fourth-order valence-electron chi connectivity index (χ4n) is 2.25. The van der Waals surface area contributed by atoms with Crippen LogP contribution < -0.4 is 5.32 Å². The molecule has 0 saturated carbocycles. The number of likely N-dealkylation sites (N-methyl/N-ethyl adjacent to an activating group) is 1. The maximum absolute atomic E-state index is 13.5. The van der Waals surface area contributed by atoms with Gasteiger partial charge in [-0.25, -0.2) is 4.39 Å². The predicted molar refractivity (Wildman–Crippen MR) is 73.3 cm³/mol. The van der Waals surface area contributed by atoms with E-state index in [0.717, 1.165) is 24.1 Å². The van der Waals surface area contributed by atoms with E-state index >= 15 is 0 Å². The standard InChI is InChI=1S/C15H24FNO/c1-6-15(4,18-5)14(17-7-2)13-10-12(16)9-8-11(13)3/h8-10,14,17H,6-7H2,1-5H3. The molecule has 2 atom stereocenters. The van der Waals surface area contributed by atoms with Crippen LogP contribution in [-0.2, 0) is 4.74 Å². The molecule has 1 rings (SSSR count). The molecule has 102 valence electrons. The summed E-state index contributed by atoms with van der Waals surface area (Å²) in [6, 6.07) is 4.92. The molecule has 0 aromatic heterocycles. The van der Waals surface area contributed by atoms with Crippen molar-refractivity contribution in [1.82, 2.24) is 5.32 Å². The van der Waals surface area contributed by atoms with E-state index in [9.17, 15) is 4.39 Å². The smallest absolute Gasteiger partial charge is 0.123 e. The molecule has 0 aliphatic heterocycles. The van der Waals surface area contributed by atoms with Gasteiger partial charge in [0.15, 0.2) is 0 Å². The fourth-order valence-corrected chi connectivity index (χ4v) is 2.25. The molecule has 1 aromatic carbocycles. The Morgan fingerprint density at radius 2 is 2.06 bits per heavy atom. The Morgan fingerprint density at radius 1 is 1.39 bits per heavy atom. The molecule has 2 nitrogen and oxygen atoms in total. The Kier molecular flexibility index (Phi) is 5.29. The van der Waals surface area contributed by atoms with Crippen LogP contribution in [0, 0.1) is 12.7 Å². The monoisotopic (exact) mass is 253 g/mol. The Morgan fingerprint density at radius 3 is 2.56 bits per heavy atom. The van der Waals surface area contributed by atoms with E-state index in [-0.39, 0.29) is 17.5 Å². The van der Waals surface area contributed by atoms with Crippen molar-refractivity contribution < 1.29 is 9.13 Å². The minimum atomic E-state index is -0.339. The van der Waals surface area contributed by atoms with Crippen LogP contribution >= 0.6 is 0 Å². The van der Waals surface area contributed by atoms with Gasteiger partial charge in [-0.15, -0.1) is 0 Å². The Balaban J connectivity index is 3.22. The van der Waals surface area contributed by atoms with E-state index in [1.807, 2.05) is 19.9 Å². The summed E-state index contributed by atoms with van der Waals surface area (Å²) in [6.45, 7) is 9.02. The number of aryl methyl sites for hydroxylation is 1. The van der Waals surface area contributed by atoms with Gasteiger partial charge in [-0.1, -0.05) is 19.9 Å². The number of ether oxygens (including phenoxy) is 1. The van der Waals surface area contributed by atoms with Crippen molar-refractivity contribution in [2.45, 2.75) is 45.8 Å². The maximum atomic E-state index is 13.5. The number of rotatable bonds is 6. The molecule has 0 aliphatic carbocycles. The highest BCUT2D eigenvalue weighted by Gasteiger charge is 2.34. The lowest BCUT2D eigenvalue weighted by Crippen LogP contribution is -2.43. The highest BCUT2D eigenvalue weighted by Crippen LogP contribution is 2.33. The van der Waals surface area contributed by atoms with Crippen molar-refractivity contribution in [1.29, 1.82) is 0 Å².